The molecule has 0 radical (unpaired) electrons. The highest BCUT2D eigenvalue weighted by molar-refractivity contribution is 7.20. The summed E-state index contributed by atoms with van der Waals surface area (Å²) in [6.45, 7) is 9.88. The first-order chi connectivity index (χ1) is 16.7. The zero-order valence-electron chi connectivity index (χ0n) is 20.7. The summed E-state index contributed by atoms with van der Waals surface area (Å²) in [6, 6.07) is 19.0. The Morgan fingerprint density at radius 1 is 1.09 bits per heavy atom. The van der Waals surface area contributed by atoms with Gasteiger partial charge in [0.15, 0.2) is 0 Å². The molecule has 7 nitrogen and oxygen atoms in total. The molecule has 4 aromatic rings. The Bertz CT molecular complexity index is 1350. The van der Waals surface area contributed by atoms with Crippen LogP contribution in [0.3, 0.4) is 0 Å². The molecule has 2 aromatic carbocycles. The van der Waals surface area contributed by atoms with Gasteiger partial charge in [0, 0.05) is 10.9 Å². The van der Waals surface area contributed by atoms with Crippen LogP contribution in [0.1, 0.15) is 43.1 Å². The molecule has 0 aliphatic rings. The van der Waals surface area contributed by atoms with E-state index in [0.717, 1.165) is 21.6 Å². The van der Waals surface area contributed by atoms with Crippen molar-refractivity contribution in [2.24, 2.45) is 0 Å². The maximum atomic E-state index is 13.9. The Balaban J connectivity index is 1.76. The molecule has 182 valence electrons. The largest absolute Gasteiger partial charge is 0.492 e. The summed E-state index contributed by atoms with van der Waals surface area (Å²) in [4.78, 5) is 29.7. The Morgan fingerprint density at radius 2 is 1.77 bits per heavy atom. The molecule has 0 unspecified atom stereocenters. The van der Waals surface area contributed by atoms with Gasteiger partial charge < -0.3 is 10.1 Å². The minimum atomic E-state index is -0.418. The normalized spacial score (nSPS) is 11.5. The topological polar surface area (TPSA) is 76.5 Å². The van der Waals surface area contributed by atoms with E-state index in [0.29, 0.717) is 22.9 Å². The molecule has 35 heavy (non-hydrogen) atoms. The first kappa shape index (κ1) is 24.5. The number of carbonyl (C=O) groups excluding carboxylic acids is 2. The first-order valence-corrected chi connectivity index (χ1v) is 12.4. The summed E-state index contributed by atoms with van der Waals surface area (Å²) in [5.41, 5.74) is 1.90. The fourth-order valence-corrected chi connectivity index (χ4v) is 4.99. The van der Waals surface area contributed by atoms with E-state index in [9.17, 15) is 9.59 Å². The van der Waals surface area contributed by atoms with Gasteiger partial charge in [-0.25, -0.2) is 4.68 Å². The van der Waals surface area contributed by atoms with E-state index in [2.05, 4.69) is 10.4 Å². The number of nitrogens with zero attached hydrogens (tertiary/aromatic N) is 3. The molecule has 0 saturated heterocycles. The number of nitrogens with one attached hydrogen (secondary N) is 1. The van der Waals surface area contributed by atoms with Gasteiger partial charge in [0.05, 0.1) is 28.6 Å². The Morgan fingerprint density at radius 3 is 2.46 bits per heavy atom. The van der Waals surface area contributed by atoms with Gasteiger partial charge in [0.25, 0.3) is 5.91 Å². The van der Waals surface area contributed by atoms with Crippen molar-refractivity contribution in [3.05, 3.63) is 71.2 Å². The number of fused-ring (bicyclic) bond motifs is 1. The lowest BCUT2D eigenvalue weighted by atomic mass is 10.1. The highest BCUT2D eigenvalue weighted by Gasteiger charge is 2.27. The van der Waals surface area contributed by atoms with Gasteiger partial charge in [0.1, 0.15) is 17.1 Å². The average Bonchev–Trinajstić information content (AvgIpc) is 3.38. The molecule has 0 saturated carbocycles. The van der Waals surface area contributed by atoms with Gasteiger partial charge in [-0.15, -0.1) is 11.3 Å². The third-order valence-electron chi connectivity index (χ3n) is 5.27. The Labute approximate surface area is 209 Å². The number of hydrogen-bond donors (Lipinski definition) is 1. The van der Waals surface area contributed by atoms with Crippen LogP contribution in [0.2, 0.25) is 0 Å². The fourth-order valence-electron chi connectivity index (χ4n) is 3.86. The quantitative estimate of drug-likeness (QED) is 0.379. The van der Waals surface area contributed by atoms with Crippen molar-refractivity contribution >= 4 is 39.1 Å². The summed E-state index contributed by atoms with van der Waals surface area (Å²) in [6.07, 6.45) is 0. The van der Waals surface area contributed by atoms with Gasteiger partial charge in [0.2, 0.25) is 5.91 Å². The van der Waals surface area contributed by atoms with Crippen LogP contribution in [-0.2, 0) is 4.79 Å². The molecule has 0 aliphatic heterocycles. The number of amides is 2. The zero-order chi connectivity index (χ0) is 25.2. The van der Waals surface area contributed by atoms with Crippen LogP contribution >= 0.6 is 11.3 Å². The summed E-state index contributed by atoms with van der Waals surface area (Å²) in [7, 11) is 0. The highest BCUT2D eigenvalue weighted by atomic mass is 32.1. The van der Waals surface area contributed by atoms with Crippen molar-refractivity contribution < 1.29 is 14.3 Å². The zero-order valence-corrected chi connectivity index (χ0v) is 21.5. The number of aromatic nitrogens is 2. The molecule has 0 atom stereocenters. The van der Waals surface area contributed by atoms with E-state index in [4.69, 9.17) is 4.74 Å². The minimum Gasteiger partial charge on any atom is -0.492 e. The summed E-state index contributed by atoms with van der Waals surface area (Å²) in [5.74, 6) is 0.0472. The first-order valence-electron chi connectivity index (χ1n) is 11.6. The van der Waals surface area contributed by atoms with Crippen LogP contribution in [0.15, 0.2) is 60.7 Å². The Hall–Kier alpha value is -3.65. The maximum absolute atomic E-state index is 13.9. The summed E-state index contributed by atoms with van der Waals surface area (Å²) < 4.78 is 7.65. The standard InChI is InChI=1S/C27H30N4O3S/c1-6-34-22-15-11-10-14-21(22)30(17-24(32)28-27(3,4)5)25(33)23-16-20-18(2)29-31(26(20)35-23)19-12-8-7-9-13-19/h7-16H,6,17H2,1-5H3,(H,28,32). The number of rotatable bonds is 7. The molecule has 2 aromatic heterocycles. The van der Waals surface area contributed by atoms with Crippen molar-refractivity contribution in [3.63, 3.8) is 0 Å². The number of hydrogen-bond acceptors (Lipinski definition) is 5. The van der Waals surface area contributed by atoms with Crippen molar-refractivity contribution in [2.45, 2.75) is 40.2 Å². The summed E-state index contributed by atoms with van der Waals surface area (Å²) in [5, 5.41) is 8.54. The predicted octanol–water partition coefficient (Wildman–Crippen LogP) is 5.36. The molecule has 0 bridgehead atoms. The number of benzene rings is 2. The molecular weight excluding hydrogens is 460 g/mol. The molecule has 0 spiro atoms. The second kappa shape index (κ2) is 9.92. The minimum absolute atomic E-state index is 0.127. The van der Waals surface area contributed by atoms with Gasteiger partial charge in [-0.2, -0.15) is 5.10 Å². The van der Waals surface area contributed by atoms with Crippen molar-refractivity contribution in [1.82, 2.24) is 15.1 Å². The maximum Gasteiger partial charge on any atom is 0.269 e. The highest BCUT2D eigenvalue weighted by Crippen LogP contribution is 2.34. The third-order valence-corrected chi connectivity index (χ3v) is 6.37. The van der Waals surface area contributed by atoms with E-state index < -0.39 is 5.54 Å². The summed E-state index contributed by atoms with van der Waals surface area (Å²) >= 11 is 1.37. The molecule has 2 amide bonds. The SMILES string of the molecule is CCOc1ccccc1N(CC(=O)NC(C)(C)C)C(=O)c1cc2c(C)nn(-c3ccccc3)c2s1. The van der Waals surface area contributed by atoms with Crippen molar-refractivity contribution in [3.8, 4) is 11.4 Å². The molecule has 4 rings (SSSR count). The molecule has 1 N–H and O–H groups in total. The van der Waals surface area contributed by atoms with Crippen LogP contribution in [-0.4, -0.2) is 40.3 Å². The number of carbonyl (C=O) groups is 2. The number of anilines is 1. The van der Waals surface area contributed by atoms with Crippen LogP contribution in [0, 0.1) is 6.92 Å². The van der Waals surface area contributed by atoms with E-state index in [1.54, 1.807) is 6.07 Å². The third kappa shape index (κ3) is 5.38. The van der Waals surface area contributed by atoms with Crippen LogP contribution in [0.4, 0.5) is 5.69 Å². The lowest BCUT2D eigenvalue weighted by Crippen LogP contribution is -2.47. The van der Waals surface area contributed by atoms with Gasteiger partial charge in [-0.1, -0.05) is 30.3 Å². The molecule has 0 aliphatic carbocycles. The lowest BCUT2D eigenvalue weighted by Gasteiger charge is -2.27. The predicted molar refractivity (Wildman–Crippen MR) is 141 cm³/mol. The molecular formula is C27H30N4O3S. The number of para-hydroxylation sites is 3. The average molecular weight is 491 g/mol. The van der Waals surface area contributed by atoms with E-state index in [-0.39, 0.29) is 18.4 Å². The molecule has 8 heteroatoms. The van der Waals surface area contributed by atoms with E-state index >= 15 is 0 Å². The van der Waals surface area contributed by atoms with Crippen LogP contribution < -0.4 is 15.0 Å². The van der Waals surface area contributed by atoms with E-state index in [1.807, 2.05) is 93.9 Å². The second-order valence-corrected chi connectivity index (χ2v) is 10.3. The second-order valence-electron chi connectivity index (χ2n) is 9.25. The van der Waals surface area contributed by atoms with Crippen molar-refractivity contribution in [2.75, 3.05) is 18.1 Å². The number of ether oxygens (including phenoxy) is 1. The van der Waals surface area contributed by atoms with Crippen LogP contribution in [0.25, 0.3) is 15.9 Å². The fraction of sp³-hybridized carbons (Fsp3) is 0.296. The molecule has 0 fully saturated rings. The Kier molecular flexibility index (Phi) is 6.93. The number of thiophene rings is 1. The van der Waals surface area contributed by atoms with Crippen molar-refractivity contribution in [1.29, 1.82) is 0 Å². The number of aryl methyl sites for hydroxylation is 1. The lowest BCUT2D eigenvalue weighted by molar-refractivity contribution is -0.121. The monoisotopic (exact) mass is 490 g/mol. The van der Waals surface area contributed by atoms with Gasteiger partial charge in [-0.3, -0.25) is 14.5 Å². The van der Waals surface area contributed by atoms with Crippen LogP contribution in [0.5, 0.6) is 5.75 Å². The van der Waals surface area contributed by atoms with E-state index in [1.165, 1.54) is 16.2 Å². The molecule has 2 heterocycles. The smallest absolute Gasteiger partial charge is 0.269 e. The van der Waals surface area contributed by atoms with Gasteiger partial charge >= 0.3 is 0 Å². The van der Waals surface area contributed by atoms with Gasteiger partial charge in [-0.05, 0) is 65.0 Å².